The van der Waals surface area contributed by atoms with Gasteiger partial charge in [0.2, 0.25) is 22.5 Å². The van der Waals surface area contributed by atoms with Gasteiger partial charge in [-0.05, 0) is 173 Å². The molecule has 0 saturated heterocycles. The maximum atomic E-state index is 6.02. The van der Waals surface area contributed by atoms with E-state index in [4.69, 9.17) is 18.1 Å². The van der Waals surface area contributed by atoms with Crippen LogP contribution in [0.3, 0.4) is 0 Å². The Morgan fingerprint density at radius 3 is 0.558 bits per heavy atom. The molecule has 260 valence electrons. The van der Waals surface area contributed by atoms with Crippen LogP contribution in [-0.4, -0.2) is 213 Å². The van der Waals surface area contributed by atoms with E-state index in [1.807, 2.05) is 0 Å². The Bertz CT molecular complexity index is 919. The van der Waals surface area contributed by atoms with Gasteiger partial charge in [0, 0.05) is 6.66 Å². The van der Waals surface area contributed by atoms with Crippen molar-refractivity contribution < 1.29 is 0 Å². The van der Waals surface area contributed by atoms with Gasteiger partial charge in [0.05, 0.1) is 0 Å². The van der Waals surface area contributed by atoms with Gasteiger partial charge in [-0.3, -0.25) is 9.34 Å². The van der Waals surface area contributed by atoms with Crippen molar-refractivity contribution in [1.82, 2.24) is 51.4 Å². The number of rotatable bonds is 15. The molecule has 0 rings (SSSR count). The highest BCUT2D eigenvalue weighted by molar-refractivity contribution is 7.88. The summed E-state index contributed by atoms with van der Waals surface area (Å²) in [6, 6.07) is 0. The van der Waals surface area contributed by atoms with Crippen molar-refractivity contribution >= 4 is 37.7 Å². The minimum absolute atomic E-state index is 2.11. The van der Waals surface area contributed by atoms with Crippen LogP contribution in [0.4, 0.5) is 0 Å². The van der Waals surface area contributed by atoms with Gasteiger partial charge in [-0.2, -0.15) is 0 Å². The molecule has 0 spiro atoms. The van der Waals surface area contributed by atoms with E-state index in [9.17, 15) is 0 Å². The van der Waals surface area contributed by atoms with Gasteiger partial charge in [0.25, 0.3) is 0 Å². The van der Waals surface area contributed by atoms with Gasteiger partial charge in [0.1, 0.15) is 7.36 Å². The first-order valence-corrected chi connectivity index (χ1v) is 22.6. The Morgan fingerprint density at radius 1 is 0.279 bits per heavy atom. The molecule has 0 N–H and O–H groups in total. The van der Waals surface area contributed by atoms with E-state index >= 15 is 0 Å². The lowest BCUT2D eigenvalue weighted by Gasteiger charge is -2.43. The Balaban J connectivity index is 9.93. The fourth-order valence-corrected chi connectivity index (χ4v) is 27.9. The van der Waals surface area contributed by atoms with Gasteiger partial charge in [0.15, 0.2) is 0 Å². The van der Waals surface area contributed by atoms with Crippen LogP contribution in [-0.2, 0) is 0 Å². The Hall–Kier alpha value is 0.910. The van der Waals surface area contributed by atoms with E-state index in [0.717, 1.165) is 0 Å². The second-order valence-electron chi connectivity index (χ2n) is 12.7. The lowest BCUT2D eigenvalue weighted by molar-refractivity contribution is 0.472. The molecule has 0 aromatic rings. The molecule has 0 amide bonds. The predicted octanol–water partition coefficient (Wildman–Crippen LogP) is 5.34. The molecule has 0 bridgehead atoms. The maximum absolute atomic E-state index is 6.02. The first-order chi connectivity index (χ1) is 19.2. The quantitative estimate of drug-likeness (QED) is 0.207. The molecule has 0 aliphatic rings. The molecule has 0 radical (unpaired) electrons. The molecular weight excluding hydrogens is 641 g/mol. The number of hydrogen-bond donors (Lipinski definition) is 0. The lowest BCUT2D eigenvalue weighted by Crippen LogP contribution is -2.32. The van der Waals surface area contributed by atoms with Gasteiger partial charge < -0.3 is 0 Å². The third-order valence-corrected chi connectivity index (χ3v) is 28.1. The molecule has 0 heterocycles. The Labute approximate surface area is 268 Å². The molecular formula is C23H69N15P5+. The normalized spacial score (nSPS) is 14.8. The van der Waals surface area contributed by atoms with Crippen molar-refractivity contribution in [1.29, 1.82) is 0 Å². The lowest BCUT2D eigenvalue weighted by atomic mass is 11.2. The van der Waals surface area contributed by atoms with Crippen molar-refractivity contribution in [3.63, 3.8) is 0 Å². The first-order valence-electron chi connectivity index (χ1n) is 14.1. The molecule has 0 unspecified atom stereocenters. The van der Waals surface area contributed by atoms with Crippen molar-refractivity contribution in [2.75, 3.05) is 162 Å². The second-order valence-corrected chi connectivity index (χ2v) is 30.4. The summed E-state index contributed by atoms with van der Waals surface area (Å²) in [4.78, 5) is 0. The van der Waals surface area contributed by atoms with E-state index in [2.05, 4.69) is 213 Å². The summed E-state index contributed by atoms with van der Waals surface area (Å²) in [7, 11) is 33.1. The minimum atomic E-state index is -3.34. The van der Waals surface area contributed by atoms with Gasteiger partial charge >= 0.3 is 7.87 Å². The fraction of sp³-hybridized carbons (Fsp3) is 1.00. The fourth-order valence-electron chi connectivity index (χ4n) is 5.28. The van der Waals surface area contributed by atoms with Crippen LogP contribution in [0.1, 0.15) is 0 Å². The largest absolute Gasteiger partial charge is 0.501 e. The summed E-state index contributed by atoms with van der Waals surface area (Å²) in [6.07, 6.45) is 0. The zero-order chi connectivity index (χ0) is 34.7. The second kappa shape index (κ2) is 16.3. The molecule has 0 saturated carbocycles. The number of nitrogens with zero attached hydrogens (tertiary/aromatic N) is 15. The summed E-state index contributed by atoms with van der Waals surface area (Å²) in [5.74, 6) is 0. The predicted molar refractivity (Wildman–Crippen MR) is 201 cm³/mol. The molecule has 0 atom stereocenters. The van der Waals surface area contributed by atoms with Crippen LogP contribution in [0.15, 0.2) is 18.1 Å². The van der Waals surface area contributed by atoms with E-state index in [-0.39, 0.29) is 0 Å². The SMILES string of the molecule is CN(C)P(C)(=N[P+](N=P(N(C)C)(N(C)C)N(C)C)(N=P(N(C)C)(N(C)C)N(C)C)N=P(N(C)C)(N(C)C)N(C)C)N(C)C. The molecule has 43 heavy (non-hydrogen) atoms. The molecule has 0 aliphatic heterocycles. The van der Waals surface area contributed by atoms with Crippen LogP contribution in [0.25, 0.3) is 0 Å². The standard InChI is InChI=1S/C23H69N15P5/c1-28(2)39(23,29(3)4)24-40(25-41(30(5)6,31(7)8)32(9)10,26-42(33(11)12,34(13)14)35(15)16)27-43(36(17)18,37(19)20)38(21)22/h1-23H3/q+1. The summed E-state index contributed by atoms with van der Waals surface area (Å²) in [5, 5.41) is 0. The Kier molecular flexibility index (Phi) is 16.7. The summed E-state index contributed by atoms with van der Waals surface area (Å²) in [5.41, 5.74) is 0. The van der Waals surface area contributed by atoms with Gasteiger partial charge in [-0.15, -0.1) is 0 Å². The number of hydrogen-bond acceptors (Lipinski definition) is 4. The highest BCUT2D eigenvalue weighted by Gasteiger charge is 2.55. The molecule has 15 nitrogen and oxygen atoms in total. The summed E-state index contributed by atoms with van der Waals surface area (Å²) in [6.45, 7) is 2.24. The van der Waals surface area contributed by atoms with Crippen molar-refractivity contribution in [2.45, 2.75) is 0 Å². The van der Waals surface area contributed by atoms with Crippen LogP contribution in [0.5, 0.6) is 0 Å². The van der Waals surface area contributed by atoms with Crippen molar-refractivity contribution in [3.8, 4) is 0 Å². The molecule has 0 aromatic heterocycles. The van der Waals surface area contributed by atoms with Gasteiger partial charge in [-0.25, -0.2) is 42.0 Å². The summed E-state index contributed by atoms with van der Waals surface area (Å²) >= 11 is 0. The third-order valence-electron chi connectivity index (χ3n) is 7.35. The molecule has 20 heteroatoms. The average Bonchev–Trinajstić information content (AvgIpc) is 2.82. The van der Waals surface area contributed by atoms with Crippen molar-refractivity contribution in [2.24, 2.45) is 18.1 Å². The van der Waals surface area contributed by atoms with Crippen LogP contribution < -0.4 is 0 Å². The van der Waals surface area contributed by atoms with Crippen LogP contribution in [0, 0.1) is 0 Å². The van der Waals surface area contributed by atoms with Crippen LogP contribution >= 0.6 is 37.7 Å². The molecule has 0 fully saturated rings. The van der Waals surface area contributed by atoms with E-state index in [0.29, 0.717) is 0 Å². The molecule has 0 aliphatic carbocycles. The van der Waals surface area contributed by atoms with E-state index < -0.39 is 37.7 Å². The van der Waals surface area contributed by atoms with Gasteiger partial charge in [-0.1, -0.05) is 0 Å². The van der Waals surface area contributed by atoms with E-state index in [1.165, 1.54) is 0 Å². The first kappa shape index (κ1) is 43.9. The third kappa shape index (κ3) is 8.69. The average molecular weight is 711 g/mol. The topological polar surface area (TPSA) is 85.1 Å². The zero-order valence-electron chi connectivity index (χ0n) is 31.9. The van der Waals surface area contributed by atoms with E-state index in [1.54, 1.807) is 0 Å². The monoisotopic (exact) mass is 710 g/mol. The summed E-state index contributed by atoms with van der Waals surface area (Å²) < 4.78 is 48.7. The van der Waals surface area contributed by atoms with Crippen LogP contribution in [0.2, 0.25) is 0 Å². The minimum Gasteiger partial charge on any atom is -0.261 e. The maximum Gasteiger partial charge on any atom is 0.501 e. The molecule has 0 aromatic carbocycles. The highest BCUT2D eigenvalue weighted by atomic mass is 31.3. The van der Waals surface area contributed by atoms with Crippen molar-refractivity contribution in [3.05, 3.63) is 0 Å². The Morgan fingerprint density at radius 2 is 0.442 bits per heavy atom. The highest BCUT2D eigenvalue weighted by Crippen LogP contribution is 2.86. The smallest absolute Gasteiger partial charge is 0.261 e. The zero-order valence-corrected chi connectivity index (χ0v) is 36.4.